The molecule has 0 aliphatic carbocycles. The molecular weight excluding hydrogens is 196 g/mol. The first-order valence-corrected chi connectivity index (χ1v) is 3.14. The van der Waals surface area contributed by atoms with Crippen molar-refractivity contribution < 1.29 is 19.2 Å². The third-order valence-corrected chi connectivity index (χ3v) is 0.763. The van der Waals surface area contributed by atoms with Crippen LogP contribution in [0.2, 0.25) is 0 Å². The topological polar surface area (TPSA) is 168 Å². The van der Waals surface area contributed by atoms with Crippen molar-refractivity contribution in [3.63, 3.8) is 0 Å². The molecule has 0 radical (unpaired) electrons. The van der Waals surface area contributed by atoms with Crippen LogP contribution in [0, 0.1) is 0 Å². The van der Waals surface area contributed by atoms with Crippen molar-refractivity contribution in [3.8, 4) is 0 Å². The van der Waals surface area contributed by atoms with Gasteiger partial charge in [0.2, 0.25) is 0 Å². The molecule has 0 rings (SSSR count). The second kappa shape index (κ2) is 5.18. The summed E-state index contributed by atoms with van der Waals surface area (Å²) < 4.78 is 0. The molecule has 0 saturated carbocycles. The molecule has 0 fully saturated rings. The van der Waals surface area contributed by atoms with Crippen molar-refractivity contribution >= 4 is 24.1 Å². The van der Waals surface area contributed by atoms with Crippen LogP contribution < -0.4 is 33.0 Å². The fourth-order valence-corrected chi connectivity index (χ4v) is 0.400. The lowest BCUT2D eigenvalue weighted by Gasteiger charge is -2.05. The first kappa shape index (κ1) is 11.5. The molecule has 0 bridgehead atoms. The third-order valence-electron chi connectivity index (χ3n) is 0.763. The summed E-state index contributed by atoms with van der Waals surface area (Å²) in [4.78, 5) is 41.3. The molecule has 10 heteroatoms. The number of carbonyl (C=O) groups is 4. The van der Waals surface area contributed by atoms with E-state index in [9.17, 15) is 19.2 Å². The number of imide groups is 2. The Kier molecular flexibility index (Phi) is 4.25. The van der Waals surface area contributed by atoms with E-state index in [2.05, 4.69) is 11.5 Å². The molecule has 0 unspecified atom stereocenters. The Labute approximate surface area is 77.3 Å². The normalized spacial score (nSPS) is 8.29. The van der Waals surface area contributed by atoms with Crippen LogP contribution in [-0.4, -0.2) is 24.1 Å². The van der Waals surface area contributed by atoms with Gasteiger partial charge in [0.05, 0.1) is 0 Å². The lowest BCUT2D eigenvalue weighted by molar-refractivity contribution is 0.218. The molecule has 0 aromatic heterocycles. The van der Waals surface area contributed by atoms with E-state index in [-0.39, 0.29) is 0 Å². The largest absolute Gasteiger partial charge is 0.351 e. The number of urea groups is 4. The van der Waals surface area contributed by atoms with Gasteiger partial charge in [0.25, 0.3) is 0 Å². The average Bonchev–Trinajstić information content (AvgIpc) is 1.98. The standard InChI is InChI=1S/C4H8N6O4/c5-1(11)7-3(13)9-10-4(14)8-2(6)12/h(H4,5,7,9,11,13)(H4,6,8,10,12,14). The molecule has 0 saturated heterocycles. The minimum Gasteiger partial charge on any atom is -0.351 e. The fourth-order valence-electron chi connectivity index (χ4n) is 0.400. The van der Waals surface area contributed by atoms with Crippen molar-refractivity contribution in [2.24, 2.45) is 11.5 Å². The summed E-state index contributed by atoms with van der Waals surface area (Å²) in [6.45, 7) is 0. The summed E-state index contributed by atoms with van der Waals surface area (Å²) in [6.07, 6.45) is 0. The van der Waals surface area contributed by atoms with Crippen LogP contribution in [0.3, 0.4) is 0 Å². The van der Waals surface area contributed by atoms with Crippen LogP contribution in [0.5, 0.6) is 0 Å². The summed E-state index contributed by atoms with van der Waals surface area (Å²) >= 11 is 0. The number of hydrogen-bond acceptors (Lipinski definition) is 4. The van der Waals surface area contributed by atoms with Crippen molar-refractivity contribution in [2.45, 2.75) is 0 Å². The van der Waals surface area contributed by atoms with Gasteiger partial charge in [-0.1, -0.05) is 0 Å². The van der Waals surface area contributed by atoms with Crippen LogP contribution >= 0.6 is 0 Å². The molecule has 0 aliphatic rings. The monoisotopic (exact) mass is 204 g/mol. The highest BCUT2D eigenvalue weighted by Gasteiger charge is 2.06. The molecule has 10 nitrogen and oxygen atoms in total. The molecule has 8 amide bonds. The van der Waals surface area contributed by atoms with Gasteiger partial charge >= 0.3 is 24.1 Å². The molecule has 0 aromatic rings. The predicted molar refractivity (Wildman–Crippen MR) is 42.5 cm³/mol. The molecule has 14 heavy (non-hydrogen) atoms. The number of amides is 8. The third kappa shape index (κ3) is 6.21. The van der Waals surface area contributed by atoms with Crippen molar-refractivity contribution in [3.05, 3.63) is 0 Å². The highest BCUT2D eigenvalue weighted by Crippen LogP contribution is 1.63. The lowest BCUT2D eigenvalue weighted by Crippen LogP contribution is -2.54. The maximum Gasteiger partial charge on any atom is 0.341 e. The van der Waals surface area contributed by atoms with Gasteiger partial charge in [0.15, 0.2) is 0 Å². The fraction of sp³-hybridized carbons (Fsp3) is 0. The number of rotatable bonds is 0. The Morgan fingerprint density at radius 3 is 1.21 bits per heavy atom. The van der Waals surface area contributed by atoms with E-state index in [1.54, 1.807) is 21.5 Å². The Morgan fingerprint density at radius 2 is 1.00 bits per heavy atom. The first-order valence-electron chi connectivity index (χ1n) is 3.14. The number of carbonyl (C=O) groups excluding carboxylic acids is 4. The van der Waals surface area contributed by atoms with E-state index in [0.29, 0.717) is 0 Å². The maximum atomic E-state index is 10.6. The zero-order valence-corrected chi connectivity index (χ0v) is 6.79. The van der Waals surface area contributed by atoms with Crippen molar-refractivity contribution in [1.82, 2.24) is 21.5 Å². The second-order valence-electron chi connectivity index (χ2n) is 1.89. The number of nitrogens with two attached hydrogens (primary N) is 2. The van der Waals surface area contributed by atoms with E-state index >= 15 is 0 Å². The molecular formula is C4H8N6O4. The smallest absolute Gasteiger partial charge is 0.341 e. The van der Waals surface area contributed by atoms with Gasteiger partial charge in [0, 0.05) is 0 Å². The highest BCUT2D eigenvalue weighted by molar-refractivity contribution is 5.95. The molecule has 0 spiro atoms. The van der Waals surface area contributed by atoms with Gasteiger partial charge in [-0.3, -0.25) is 10.6 Å². The quantitative estimate of drug-likeness (QED) is 0.243. The molecule has 8 N–H and O–H groups in total. The van der Waals surface area contributed by atoms with Gasteiger partial charge < -0.3 is 11.5 Å². The molecule has 0 heterocycles. The van der Waals surface area contributed by atoms with Crippen LogP contribution in [0.25, 0.3) is 0 Å². The minimum absolute atomic E-state index is 1.06. The molecule has 0 atom stereocenters. The van der Waals surface area contributed by atoms with Crippen LogP contribution in [0.15, 0.2) is 0 Å². The molecule has 0 aliphatic heterocycles. The SMILES string of the molecule is NC(=O)NC(=O)NNC(=O)NC(N)=O. The van der Waals surface area contributed by atoms with Crippen molar-refractivity contribution in [1.29, 1.82) is 0 Å². The van der Waals surface area contributed by atoms with Gasteiger partial charge in [0.1, 0.15) is 0 Å². The summed E-state index contributed by atoms with van der Waals surface area (Å²) in [6, 6.07) is -4.31. The predicted octanol–water partition coefficient (Wildman–Crippen LogP) is -2.34. The van der Waals surface area contributed by atoms with Gasteiger partial charge in [-0.05, 0) is 0 Å². The Bertz CT molecular complexity index is 247. The van der Waals surface area contributed by atoms with Crippen LogP contribution in [0.1, 0.15) is 0 Å². The number of primary amides is 2. The van der Waals surface area contributed by atoms with E-state index < -0.39 is 24.1 Å². The number of hydrazine groups is 1. The Hall–Kier alpha value is -2.52. The summed E-state index contributed by atoms with van der Waals surface area (Å²) in [5, 5.41) is 3.16. The molecule has 0 aromatic carbocycles. The van der Waals surface area contributed by atoms with Crippen LogP contribution in [0.4, 0.5) is 19.2 Å². The average molecular weight is 204 g/mol. The number of nitrogens with one attached hydrogen (secondary N) is 4. The zero-order chi connectivity index (χ0) is 11.1. The Balaban J connectivity index is 3.72. The van der Waals surface area contributed by atoms with Crippen LogP contribution in [-0.2, 0) is 0 Å². The van der Waals surface area contributed by atoms with Gasteiger partial charge in [-0.15, -0.1) is 0 Å². The molecule has 78 valence electrons. The van der Waals surface area contributed by atoms with Gasteiger partial charge in [-0.25, -0.2) is 30.0 Å². The van der Waals surface area contributed by atoms with E-state index in [0.717, 1.165) is 0 Å². The van der Waals surface area contributed by atoms with Gasteiger partial charge in [-0.2, -0.15) is 0 Å². The minimum atomic E-state index is -1.10. The van der Waals surface area contributed by atoms with E-state index in [4.69, 9.17) is 0 Å². The highest BCUT2D eigenvalue weighted by atomic mass is 16.2. The summed E-state index contributed by atoms with van der Waals surface area (Å²) in [7, 11) is 0. The summed E-state index contributed by atoms with van der Waals surface area (Å²) in [5.41, 5.74) is 12.5. The maximum absolute atomic E-state index is 10.6. The van der Waals surface area contributed by atoms with E-state index in [1.165, 1.54) is 0 Å². The first-order chi connectivity index (χ1) is 6.41. The zero-order valence-electron chi connectivity index (χ0n) is 6.79. The van der Waals surface area contributed by atoms with E-state index in [1.807, 2.05) is 0 Å². The summed E-state index contributed by atoms with van der Waals surface area (Å²) in [5.74, 6) is 0. The Morgan fingerprint density at radius 1 is 0.714 bits per heavy atom. The second-order valence-corrected chi connectivity index (χ2v) is 1.89. The number of hydrogen-bond donors (Lipinski definition) is 6. The lowest BCUT2D eigenvalue weighted by atomic mass is 10.9. The van der Waals surface area contributed by atoms with Crippen molar-refractivity contribution in [2.75, 3.05) is 0 Å².